The monoisotopic (exact) mass is 406 g/mol. The van der Waals surface area contributed by atoms with Gasteiger partial charge >= 0.3 is 5.97 Å². The van der Waals surface area contributed by atoms with Crippen LogP contribution in [0.4, 0.5) is 4.39 Å². The second-order valence-corrected chi connectivity index (χ2v) is 6.96. The number of aromatic hydroxyl groups is 3. The molecule has 0 saturated carbocycles. The van der Waals surface area contributed by atoms with E-state index in [0.717, 1.165) is 25.7 Å². The van der Waals surface area contributed by atoms with Crippen molar-refractivity contribution in [2.24, 2.45) is 0 Å². The Kier molecular flexibility index (Phi) is 8.12. The van der Waals surface area contributed by atoms with E-state index in [1.54, 1.807) is 12.1 Å². The molecule has 0 amide bonds. The molecule has 0 bridgehead atoms. The van der Waals surface area contributed by atoms with Crippen molar-refractivity contribution in [3.05, 3.63) is 46.8 Å². The number of aromatic carboxylic acids is 1. The first-order chi connectivity index (χ1) is 13.8. The smallest absolute Gasteiger partial charge is 0.343 e. The highest BCUT2D eigenvalue weighted by Crippen LogP contribution is 2.32. The van der Waals surface area contributed by atoms with E-state index in [0.29, 0.717) is 37.0 Å². The largest absolute Gasteiger partial charge is 0.507 e. The number of carboxylic acid groups (broad SMARTS) is 1. The van der Waals surface area contributed by atoms with Crippen LogP contribution in [0.2, 0.25) is 0 Å². The summed E-state index contributed by atoms with van der Waals surface area (Å²) in [6.45, 7) is 2.27. The molecule has 0 aliphatic rings. The Labute approximate surface area is 169 Å². The fraction of sp³-hybridized carbons (Fsp3) is 0.409. The van der Waals surface area contributed by atoms with Gasteiger partial charge < -0.3 is 25.2 Å². The molecule has 2 rings (SSSR count). The van der Waals surface area contributed by atoms with Crippen molar-refractivity contribution in [3.63, 3.8) is 0 Å². The van der Waals surface area contributed by atoms with Gasteiger partial charge in [-0.15, -0.1) is 0 Å². The Morgan fingerprint density at radius 2 is 1.72 bits per heavy atom. The van der Waals surface area contributed by atoms with Crippen molar-refractivity contribution in [2.45, 2.75) is 51.9 Å². The van der Waals surface area contributed by atoms with Gasteiger partial charge in [0.25, 0.3) is 0 Å². The number of rotatable bonds is 11. The standard InChI is InChI=1S/C22H27FO6/c1-2-7-15-9-10-18(19(20(15)25)22(27)28)29-11-6-4-3-5-8-14-12-16(23)21(26)17(24)13-14/h9-10,12-13,24-26H,2-8,11H2,1H3,(H,27,28). The molecule has 0 radical (unpaired) electrons. The summed E-state index contributed by atoms with van der Waals surface area (Å²) in [7, 11) is 0. The van der Waals surface area contributed by atoms with Crippen molar-refractivity contribution >= 4 is 5.97 Å². The molecular weight excluding hydrogens is 379 g/mol. The minimum absolute atomic E-state index is 0.157. The second kappa shape index (κ2) is 10.5. The fourth-order valence-electron chi connectivity index (χ4n) is 3.16. The average Bonchev–Trinajstić information content (AvgIpc) is 2.67. The number of aryl methyl sites for hydroxylation is 2. The molecule has 0 unspecified atom stereocenters. The molecule has 2 aromatic carbocycles. The van der Waals surface area contributed by atoms with Crippen LogP contribution in [-0.2, 0) is 12.8 Å². The first kappa shape index (κ1) is 22.3. The number of hydrogen-bond acceptors (Lipinski definition) is 5. The molecule has 0 saturated heterocycles. The fourth-order valence-corrected chi connectivity index (χ4v) is 3.16. The molecule has 0 atom stereocenters. The highest BCUT2D eigenvalue weighted by atomic mass is 19.1. The molecule has 0 fully saturated rings. The van der Waals surface area contributed by atoms with Crippen LogP contribution in [0.25, 0.3) is 0 Å². The zero-order chi connectivity index (χ0) is 21.4. The predicted octanol–water partition coefficient (Wildman–Crippen LogP) is 4.78. The summed E-state index contributed by atoms with van der Waals surface area (Å²) in [5.74, 6) is -3.34. The average molecular weight is 406 g/mol. The van der Waals surface area contributed by atoms with Gasteiger partial charge in [-0.05, 0) is 55.0 Å². The Hall–Kier alpha value is -2.96. The Balaban J connectivity index is 1.78. The van der Waals surface area contributed by atoms with Crippen LogP contribution in [0.1, 0.15) is 60.5 Å². The number of hydrogen-bond donors (Lipinski definition) is 4. The van der Waals surface area contributed by atoms with E-state index >= 15 is 0 Å². The normalized spacial score (nSPS) is 10.8. The Morgan fingerprint density at radius 1 is 1.00 bits per heavy atom. The van der Waals surface area contributed by atoms with E-state index < -0.39 is 23.3 Å². The maximum Gasteiger partial charge on any atom is 0.343 e. The number of unbranched alkanes of at least 4 members (excludes halogenated alkanes) is 3. The summed E-state index contributed by atoms with van der Waals surface area (Å²) in [5, 5.41) is 38.2. The van der Waals surface area contributed by atoms with E-state index in [2.05, 4.69) is 0 Å². The predicted molar refractivity (Wildman–Crippen MR) is 106 cm³/mol. The SMILES string of the molecule is CCCc1ccc(OCCCCCCc2cc(O)c(O)c(F)c2)c(C(=O)O)c1O. The summed E-state index contributed by atoms with van der Waals surface area (Å²) in [6.07, 6.45) is 5.11. The van der Waals surface area contributed by atoms with Gasteiger partial charge in [0.15, 0.2) is 17.3 Å². The first-order valence-electron chi connectivity index (χ1n) is 9.76. The van der Waals surface area contributed by atoms with Crippen molar-refractivity contribution in [3.8, 4) is 23.0 Å². The number of phenols is 3. The minimum atomic E-state index is -1.22. The molecule has 0 aromatic heterocycles. The van der Waals surface area contributed by atoms with Crippen molar-refractivity contribution in [1.29, 1.82) is 0 Å². The number of halogens is 1. The van der Waals surface area contributed by atoms with Crippen LogP contribution in [0.3, 0.4) is 0 Å². The highest BCUT2D eigenvalue weighted by molar-refractivity contribution is 5.94. The molecular formula is C22H27FO6. The third-order valence-electron chi connectivity index (χ3n) is 4.68. The van der Waals surface area contributed by atoms with Crippen molar-refractivity contribution in [2.75, 3.05) is 6.61 Å². The Bertz CT molecular complexity index is 826. The third-order valence-corrected chi connectivity index (χ3v) is 4.68. The summed E-state index contributed by atoms with van der Waals surface area (Å²) in [6, 6.07) is 5.83. The van der Waals surface area contributed by atoms with Gasteiger partial charge in [-0.2, -0.15) is 0 Å². The summed E-state index contributed by atoms with van der Waals surface area (Å²) in [5.41, 5.74) is 1.00. The number of benzene rings is 2. The van der Waals surface area contributed by atoms with Crippen molar-refractivity contribution < 1.29 is 34.3 Å². The molecule has 7 heteroatoms. The third kappa shape index (κ3) is 6.01. The van der Waals surface area contributed by atoms with Crippen molar-refractivity contribution in [1.82, 2.24) is 0 Å². The zero-order valence-corrected chi connectivity index (χ0v) is 16.4. The molecule has 29 heavy (non-hydrogen) atoms. The van der Waals surface area contributed by atoms with Crippen LogP contribution in [-0.4, -0.2) is 33.0 Å². The highest BCUT2D eigenvalue weighted by Gasteiger charge is 2.19. The van der Waals surface area contributed by atoms with Gasteiger partial charge in [-0.25, -0.2) is 9.18 Å². The number of carboxylic acids is 1. The van der Waals surface area contributed by atoms with Crippen LogP contribution < -0.4 is 4.74 Å². The molecule has 2 aromatic rings. The lowest BCUT2D eigenvalue weighted by atomic mass is 10.0. The molecule has 4 N–H and O–H groups in total. The van der Waals surface area contributed by atoms with Gasteiger partial charge in [0.1, 0.15) is 17.1 Å². The van der Waals surface area contributed by atoms with E-state index in [9.17, 15) is 29.6 Å². The zero-order valence-electron chi connectivity index (χ0n) is 16.4. The molecule has 6 nitrogen and oxygen atoms in total. The Morgan fingerprint density at radius 3 is 2.38 bits per heavy atom. The second-order valence-electron chi connectivity index (χ2n) is 6.96. The van der Waals surface area contributed by atoms with Crippen LogP contribution >= 0.6 is 0 Å². The van der Waals surface area contributed by atoms with Gasteiger partial charge in [-0.1, -0.05) is 32.3 Å². The van der Waals surface area contributed by atoms with E-state index in [1.165, 1.54) is 12.1 Å². The summed E-state index contributed by atoms with van der Waals surface area (Å²) >= 11 is 0. The maximum atomic E-state index is 13.4. The molecule has 0 aliphatic carbocycles. The van der Waals surface area contributed by atoms with Crippen LogP contribution in [0.5, 0.6) is 23.0 Å². The molecule has 0 heterocycles. The van der Waals surface area contributed by atoms with Crippen LogP contribution in [0, 0.1) is 5.82 Å². The molecule has 0 aliphatic heterocycles. The van der Waals surface area contributed by atoms with Gasteiger partial charge in [0, 0.05) is 0 Å². The summed E-state index contributed by atoms with van der Waals surface area (Å²) < 4.78 is 18.9. The van der Waals surface area contributed by atoms with Gasteiger partial charge in [0.05, 0.1) is 6.61 Å². The lowest BCUT2D eigenvalue weighted by molar-refractivity contribution is 0.0688. The first-order valence-corrected chi connectivity index (χ1v) is 9.76. The number of phenolic OH excluding ortho intramolecular Hbond substituents is 2. The van der Waals surface area contributed by atoms with E-state index in [4.69, 9.17) is 4.74 Å². The summed E-state index contributed by atoms with van der Waals surface area (Å²) in [4.78, 5) is 11.5. The topological polar surface area (TPSA) is 107 Å². The lowest BCUT2D eigenvalue weighted by Gasteiger charge is -2.13. The molecule has 0 spiro atoms. The van der Waals surface area contributed by atoms with Crippen LogP contribution in [0.15, 0.2) is 24.3 Å². The maximum absolute atomic E-state index is 13.4. The van der Waals surface area contributed by atoms with E-state index in [1.807, 2.05) is 6.92 Å². The van der Waals surface area contributed by atoms with Gasteiger partial charge in [-0.3, -0.25) is 0 Å². The minimum Gasteiger partial charge on any atom is -0.507 e. The van der Waals surface area contributed by atoms with E-state index in [-0.39, 0.29) is 17.1 Å². The number of ether oxygens (including phenoxy) is 1. The lowest BCUT2D eigenvalue weighted by Crippen LogP contribution is -2.06. The number of carbonyl (C=O) groups is 1. The molecule has 158 valence electrons. The quantitative estimate of drug-likeness (QED) is 0.316. The van der Waals surface area contributed by atoms with Gasteiger partial charge in [0.2, 0.25) is 0 Å².